The molecule has 0 aromatic carbocycles. The van der Waals surface area contributed by atoms with E-state index in [0.29, 0.717) is 11.4 Å². The van der Waals surface area contributed by atoms with E-state index < -0.39 is 17.7 Å². The predicted octanol–water partition coefficient (Wildman–Crippen LogP) is 1.77. The van der Waals surface area contributed by atoms with Crippen LogP contribution in [0, 0.1) is 5.41 Å². The molecule has 80 valence electrons. The van der Waals surface area contributed by atoms with Crippen molar-refractivity contribution in [3.05, 3.63) is 11.6 Å². The van der Waals surface area contributed by atoms with E-state index in [1.54, 1.807) is 0 Å². The number of primary amides is 1. The van der Waals surface area contributed by atoms with Gasteiger partial charge < -0.3 is 11.1 Å². The number of allylic oxidation sites excluding steroid dienone is 1. The van der Waals surface area contributed by atoms with Crippen LogP contribution in [0.4, 0.5) is 13.2 Å². The summed E-state index contributed by atoms with van der Waals surface area (Å²) in [5, 5.41) is 7.43. The predicted molar refractivity (Wildman–Crippen MR) is 49.5 cm³/mol. The summed E-state index contributed by atoms with van der Waals surface area (Å²) < 4.78 is 36.3. The van der Waals surface area contributed by atoms with Crippen molar-refractivity contribution >= 4 is 27.5 Å². The summed E-state index contributed by atoms with van der Waals surface area (Å²) in [7, 11) is 0. The van der Waals surface area contributed by atoms with Gasteiger partial charge in [0.05, 0.1) is 0 Å². The standard InChI is InChI=1S/C7H8BrF3N2O/c8-2-1-4(12)3-5(6(13)14)7(9,10)11/h3,12H,1-2H2,(H2,13,14)/b5-3+,12-4?. The molecule has 0 fully saturated rings. The highest BCUT2D eigenvalue weighted by Gasteiger charge is 2.37. The second kappa shape index (κ2) is 5.14. The molecule has 0 spiro atoms. The molecule has 0 aliphatic carbocycles. The molecule has 1 amide bonds. The fraction of sp³-hybridized carbons (Fsp3) is 0.429. The third kappa shape index (κ3) is 4.40. The minimum Gasteiger partial charge on any atom is -0.366 e. The fourth-order valence-electron chi connectivity index (χ4n) is 0.641. The van der Waals surface area contributed by atoms with Crippen molar-refractivity contribution in [3.8, 4) is 0 Å². The molecule has 0 aliphatic heterocycles. The first-order valence-electron chi connectivity index (χ1n) is 3.51. The lowest BCUT2D eigenvalue weighted by atomic mass is 10.1. The van der Waals surface area contributed by atoms with Crippen LogP contribution in [0.5, 0.6) is 0 Å². The summed E-state index contributed by atoms with van der Waals surface area (Å²) in [6.45, 7) is 0. The van der Waals surface area contributed by atoms with Gasteiger partial charge in [0.2, 0.25) is 0 Å². The third-order valence-corrected chi connectivity index (χ3v) is 1.65. The molecule has 0 aromatic heterocycles. The minimum atomic E-state index is -4.80. The van der Waals surface area contributed by atoms with Crippen LogP contribution < -0.4 is 5.73 Å². The summed E-state index contributed by atoms with van der Waals surface area (Å²) >= 11 is 2.96. The van der Waals surface area contributed by atoms with Crippen molar-refractivity contribution in [2.24, 2.45) is 5.73 Å². The zero-order valence-electron chi connectivity index (χ0n) is 6.99. The maximum Gasteiger partial charge on any atom is 0.421 e. The second-order valence-corrected chi connectivity index (χ2v) is 3.18. The number of carbonyl (C=O) groups is 1. The minimum absolute atomic E-state index is 0.104. The summed E-state index contributed by atoms with van der Waals surface area (Å²) in [6.07, 6.45) is -4.25. The molecule has 0 saturated carbocycles. The average molecular weight is 273 g/mol. The van der Waals surface area contributed by atoms with Gasteiger partial charge in [-0.2, -0.15) is 13.2 Å². The van der Waals surface area contributed by atoms with Gasteiger partial charge in [-0.1, -0.05) is 15.9 Å². The molecule has 0 rings (SSSR count). The molecule has 3 N–H and O–H groups in total. The number of nitrogens with one attached hydrogen (secondary N) is 1. The lowest BCUT2D eigenvalue weighted by Gasteiger charge is -2.07. The molecule has 3 nitrogen and oxygen atoms in total. The van der Waals surface area contributed by atoms with E-state index in [4.69, 9.17) is 5.41 Å². The van der Waals surface area contributed by atoms with Gasteiger partial charge in [-0.15, -0.1) is 0 Å². The van der Waals surface area contributed by atoms with Crippen molar-refractivity contribution in [2.45, 2.75) is 12.6 Å². The zero-order chi connectivity index (χ0) is 11.4. The molecule has 0 bridgehead atoms. The first-order valence-corrected chi connectivity index (χ1v) is 4.63. The monoisotopic (exact) mass is 272 g/mol. The van der Waals surface area contributed by atoms with E-state index >= 15 is 0 Å². The van der Waals surface area contributed by atoms with Crippen LogP contribution in [0.15, 0.2) is 11.6 Å². The second-order valence-electron chi connectivity index (χ2n) is 2.38. The quantitative estimate of drug-likeness (QED) is 0.457. The highest BCUT2D eigenvalue weighted by atomic mass is 79.9. The van der Waals surface area contributed by atoms with E-state index in [9.17, 15) is 18.0 Å². The van der Waals surface area contributed by atoms with Gasteiger partial charge >= 0.3 is 6.18 Å². The average Bonchev–Trinajstić information content (AvgIpc) is 1.98. The smallest absolute Gasteiger partial charge is 0.366 e. The van der Waals surface area contributed by atoms with Crippen molar-refractivity contribution < 1.29 is 18.0 Å². The first kappa shape index (κ1) is 13.2. The van der Waals surface area contributed by atoms with Gasteiger partial charge in [-0.25, -0.2) is 0 Å². The van der Waals surface area contributed by atoms with E-state index in [0.717, 1.165) is 0 Å². The Labute approximate surface area is 86.8 Å². The Balaban J connectivity index is 4.84. The molecular weight excluding hydrogens is 265 g/mol. The highest BCUT2D eigenvalue weighted by molar-refractivity contribution is 9.09. The van der Waals surface area contributed by atoms with Crippen LogP contribution in [0.2, 0.25) is 0 Å². The molecule has 0 aliphatic rings. The number of halogens is 4. The maximum atomic E-state index is 12.1. The number of hydrogen-bond acceptors (Lipinski definition) is 2. The normalized spacial score (nSPS) is 12.7. The van der Waals surface area contributed by atoms with Crippen LogP contribution in [0.3, 0.4) is 0 Å². The topological polar surface area (TPSA) is 66.9 Å². The number of rotatable bonds is 4. The van der Waals surface area contributed by atoms with Crippen LogP contribution in [-0.4, -0.2) is 23.1 Å². The lowest BCUT2D eigenvalue weighted by Crippen LogP contribution is -2.27. The SMILES string of the molecule is N=C(/C=C(\C(N)=O)C(F)(F)F)CCBr. The van der Waals surface area contributed by atoms with E-state index in [2.05, 4.69) is 21.7 Å². The highest BCUT2D eigenvalue weighted by Crippen LogP contribution is 2.25. The van der Waals surface area contributed by atoms with Crippen molar-refractivity contribution in [2.75, 3.05) is 5.33 Å². The van der Waals surface area contributed by atoms with Gasteiger partial charge in [0.25, 0.3) is 5.91 Å². The number of hydrogen-bond donors (Lipinski definition) is 2. The summed E-state index contributed by atoms with van der Waals surface area (Å²) in [4.78, 5) is 10.4. The number of alkyl halides is 4. The Morgan fingerprint density at radius 2 is 2.00 bits per heavy atom. The third-order valence-electron chi connectivity index (χ3n) is 1.25. The summed E-state index contributed by atoms with van der Waals surface area (Å²) in [6, 6.07) is 0. The zero-order valence-corrected chi connectivity index (χ0v) is 8.58. The van der Waals surface area contributed by atoms with Crippen LogP contribution in [-0.2, 0) is 4.79 Å². The lowest BCUT2D eigenvalue weighted by molar-refractivity contribution is -0.127. The Kier molecular flexibility index (Phi) is 4.82. The van der Waals surface area contributed by atoms with Crippen molar-refractivity contribution in [1.82, 2.24) is 0 Å². The van der Waals surface area contributed by atoms with Crippen LogP contribution in [0.25, 0.3) is 0 Å². The van der Waals surface area contributed by atoms with E-state index in [1.807, 2.05) is 0 Å². The molecule has 0 heterocycles. The van der Waals surface area contributed by atoms with Gasteiger partial charge in [-0.3, -0.25) is 4.79 Å². The van der Waals surface area contributed by atoms with Crippen molar-refractivity contribution in [1.29, 1.82) is 5.41 Å². The molecule has 0 aromatic rings. The molecule has 0 saturated heterocycles. The summed E-state index contributed by atoms with van der Waals surface area (Å²) in [5.74, 6) is -1.57. The molecule has 0 radical (unpaired) electrons. The van der Waals surface area contributed by atoms with Crippen LogP contribution >= 0.6 is 15.9 Å². The molecule has 0 atom stereocenters. The Morgan fingerprint density at radius 3 is 2.29 bits per heavy atom. The Bertz CT molecular complexity index is 273. The van der Waals surface area contributed by atoms with Gasteiger partial charge in [0.1, 0.15) is 5.57 Å². The molecule has 14 heavy (non-hydrogen) atoms. The summed E-state index contributed by atoms with van der Waals surface area (Å²) in [5.41, 5.74) is 2.74. The fourth-order valence-corrected chi connectivity index (χ4v) is 1.07. The van der Waals surface area contributed by atoms with E-state index in [-0.39, 0.29) is 12.1 Å². The van der Waals surface area contributed by atoms with E-state index in [1.165, 1.54) is 0 Å². The van der Waals surface area contributed by atoms with Gasteiger partial charge in [-0.05, 0) is 12.5 Å². The maximum absolute atomic E-state index is 12.1. The van der Waals surface area contributed by atoms with Gasteiger partial charge in [0.15, 0.2) is 0 Å². The number of carbonyl (C=O) groups excluding carboxylic acids is 1. The van der Waals surface area contributed by atoms with Crippen LogP contribution in [0.1, 0.15) is 6.42 Å². The largest absolute Gasteiger partial charge is 0.421 e. The Hall–Kier alpha value is -0.850. The molecule has 0 unspecified atom stereocenters. The first-order chi connectivity index (χ1) is 6.29. The number of nitrogens with two attached hydrogens (primary N) is 1. The van der Waals surface area contributed by atoms with Crippen molar-refractivity contribution in [3.63, 3.8) is 0 Å². The molecular formula is C7H8BrF3N2O. The molecule has 7 heteroatoms. The number of amides is 1. The Morgan fingerprint density at radius 1 is 1.50 bits per heavy atom. The van der Waals surface area contributed by atoms with Gasteiger partial charge in [0, 0.05) is 11.0 Å².